The molecule has 0 spiro atoms. The van der Waals surface area contributed by atoms with Crippen LogP contribution in [-0.2, 0) is 0 Å². The van der Waals surface area contributed by atoms with E-state index >= 15 is 0 Å². The highest BCUT2D eigenvalue weighted by molar-refractivity contribution is 6.28. The molecule has 1 aliphatic heterocycles. The average molecular weight is 278 g/mol. The van der Waals surface area contributed by atoms with Gasteiger partial charge in [0.05, 0.1) is 12.6 Å². The first-order valence-electron chi connectivity index (χ1n) is 6.46. The lowest BCUT2D eigenvalue weighted by Gasteiger charge is -2.19. The van der Waals surface area contributed by atoms with Gasteiger partial charge in [-0.1, -0.05) is 0 Å². The number of hydrogen-bond donors (Lipinski definition) is 0. The predicted molar refractivity (Wildman–Crippen MR) is 77.3 cm³/mol. The molecular formula is C14H16ClN3O. The Hall–Kier alpha value is -1.55. The summed E-state index contributed by atoms with van der Waals surface area (Å²) >= 11 is 6.07. The van der Waals surface area contributed by atoms with Crippen LogP contribution in [0.5, 0.6) is 5.75 Å². The number of aryl methyl sites for hydroxylation is 1. The molecule has 0 atom stereocenters. The highest BCUT2D eigenvalue weighted by atomic mass is 35.5. The third-order valence-electron chi connectivity index (χ3n) is 3.56. The molecule has 1 saturated heterocycles. The molecule has 0 radical (unpaired) electrons. The van der Waals surface area contributed by atoms with Crippen molar-refractivity contribution >= 4 is 28.3 Å². The summed E-state index contributed by atoms with van der Waals surface area (Å²) in [6, 6.07) is 3.96. The molecule has 2 aromatic rings. The Morgan fingerprint density at radius 1 is 1.21 bits per heavy atom. The first kappa shape index (κ1) is 12.5. The summed E-state index contributed by atoms with van der Waals surface area (Å²) in [7, 11) is 1.67. The maximum atomic E-state index is 6.07. The van der Waals surface area contributed by atoms with Gasteiger partial charge in [-0.15, -0.1) is 0 Å². The van der Waals surface area contributed by atoms with Gasteiger partial charge in [0.15, 0.2) is 0 Å². The zero-order chi connectivity index (χ0) is 13.4. The van der Waals surface area contributed by atoms with Crippen molar-refractivity contribution in [3.8, 4) is 5.75 Å². The number of rotatable bonds is 2. The largest absolute Gasteiger partial charge is 0.497 e. The number of anilines is 1. The van der Waals surface area contributed by atoms with E-state index in [0.717, 1.165) is 41.1 Å². The summed E-state index contributed by atoms with van der Waals surface area (Å²) in [6.45, 7) is 4.07. The Labute approximate surface area is 117 Å². The molecule has 0 saturated carbocycles. The van der Waals surface area contributed by atoms with Gasteiger partial charge in [-0.2, -0.15) is 4.98 Å². The van der Waals surface area contributed by atoms with Gasteiger partial charge in [0.1, 0.15) is 11.6 Å². The Morgan fingerprint density at radius 3 is 2.63 bits per heavy atom. The van der Waals surface area contributed by atoms with Crippen LogP contribution in [0.25, 0.3) is 10.9 Å². The van der Waals surface area contributed by atoms with Crippen molar-refractivity contribution in [2.75, 3.05) is 25.1 Å². The van der Waals surface area contributed by atoms with Crippen LogP contribution in [0.2, 0.25) is 5.28 Å². The maximum absolute atomic E-state index is 6.07. The van der Waals surface area contributed by atoms with E-state index in [9.17, 15) is 0 Å². The molecule has 19 heavy (non-hydrogen) atoms. The summed E-state index contributed by atoms with van der Waals surface area (Å²) in [4.78, 5) is 11.1. The van der Waals surface area contributed by atoms with Crippen LogP contribution < -0.4 is 9.64 Å². The monoisotopic (exact) mass is 277 g/mol. The van der Waals surface area contributed by atoms with Crippen LogP contribution in [0.3, 0.4) is 0 Å². The summed E-state index contributed by atoms with van der Waals surface area (Å²) in [5.41, 5.74) is 1.96. The minimum Gasteiger partial charge on any atom is -0.497 e. The molecule has 0 aliphatic carbocycles. The van der Waals surface area contributed by atoms with Gasteiger partial charge in [0.2, 0.25) is 5.28 Å². The van der Waals surface area contributed by atoms with Crippen LogP contribution in [0.4, 0.5) is 5.82 Å². The number of aromatic nitrogens is 2. The van der Waals surface area contributed by atoms with E-state index in [1.165, 1.54) is 12.8 Å². The van der Waals surface area contributed by atoms with E-state index in [-0.39, 0.29) is 0 Å². The van der Waals surface area contributed by atoms with Crippen molar-refractivity contribution in [1.82, 2.24) is 9.97 Å². The van der Waals surface area contributed by atoms with Crippen LogP contribution in [0, 0.1) is 6.92 Å². The van der Waals surface area contributed by atoms with Gasteiger partial charge >= 0.3 is 0 Å². The lowest BCUT2D eigenvalue weighted by molar-refractivity contribution is 0.415. The second-order valence-corrected chi connectivity index (χ2v) is 5.19. The topological polar surface area (TPSA) is 38.3 Å². The highest BCUT2D eigenvalue weighted by Gasteiger charge is 2.19. The lowest BCUT2D eigenvalue weighted by atomic mass is 10.1. The van der Waals surface area contributed by atoms with Crippen molar-refractivity contribution in [2.24, 2.45) is 0 Å². The fourth-order valence-electron chi connectivity index (χ4n) is 2.62. The molecule has 1 aromatic heterocycles. The van der Waals surface area contributed by atoms with Crippen molar-refractivity contribution in [3.63, 3.8) is 0 Å². The quantitative estimate of drug-likeness (QED) is 0.790. The third kappa shape index (κ3) is 2.21. The minimum atomic E-state index is 0.308. The number of benzene rings is 1. The highest BCUT2D eigenvalue weighted by Crippen LogP contribution is 2.32. The van der Waals surface area contributed by atoms with Gasteiger partial charge in [0, 0.05) is 18.5 Å². The first-order valence-corrected chi connectivity index (χ1v) is 6.83. The number of fused-ring (bicyclic) bond motifs is 1. The molecule has 0 amide bonds. The number of methoxy groups -OCH3 is 1. The van der Waals surface area contributed by atoms with Crippen LogP contribution in [0.15, 0.2) is 12.1 Å². The number of ether oxygens (including phenoxy) is 1. The predicted octanol–water partition coefficient (Wildman–Crippen LogP) is 3.20. The molecule has 3 rings (SSSR count). The maximum Gasteiger partial charge on any atom is 0.224 e. The Balaban J connectivity index is 2.26. The summed E-state index contributed by atoms with van der Waals surface area (Å²) in [6.07, 6.45) is 2.40. The normalized spacial score (nSPS) is 15.2. The van der Waals surface area contributed by atoms with Crippen molar-refractivity contribution in [2.45, 2.75) is 19.8 Å². The van der Waals surface area contributed by atoms with Gasteiger partial charge in [-0.05, 0) is 49.1 Å². The third-order valence-corrected chi connectivity index (χ3v) is 3.73. The SMILES string of the molecule is COc1cc(C)c2nc(Cl)nc(N3CCCC3)c2c1. The van der Waals surface area contributed by atoms with Gasteiger partial charge < -0.3 is 9.64 Å². The molecule has 0 N–H and O–H groups in total. The van der Waals surface area contributed by atoms with Crippen molar-refractivity contribution in [1.29, 1.82) is 0 Å². The number of nitrogens with zero attached hydrogens (tertiary/aromatic N) is 3. The lowest BCUT2D eigenvalue weighted by Crippen LogP contribution is -2.19. The standard InChI is InChI=1S/C14H16ClN3O/c1-9-7-10(19-2)8-11-12(9)16-14(15)17-13(11)18-5-3-4-6-18/h7-8H,3-6H2,1-2H3. The Bertz CT molecular complexity index is 624. The summed E-state index contributed by atoms with van der Waals surface area (Å²) in [5.74, 6) is 1.76. The molecule has 1 fully saturated rings. The zero-order valence-corrected chi connectivity index (χ0v) is 11.9. The second kappa shape index (κ2) is 4.85. The molecule has 4 nitrogen and oxygen atoms in total. The van der Waals surface area contributed by atoms with E-state index < -0.39 is 0 Å². The van der Waals surface area contributed by atoms with E-state index in [1.54, 1.807) is 7.11 Å². The Kier molecular flexibility index (Phi) is 3.19. The molecule has 1 aromatic carbocycles. The van der Waals surface area contributed by atoms with E-state index in [4.69, 9.17) is 16.3 Å². The summed E-state index contributed by atoms with van der Waals surface area (Å²) in [5, 5.41) is 1.32. The van der Waals surface area contributed by atoms with Crippen LogP contribution in [0.1, 0.15) is 18.4 Å². The van der Waals surface area contributed by atoms with E-state index in [0.29, 0.717) is 5.28 Å². The Morgan fingerprint density at radius 2 is 1.95 bits per heavy atom. The zero-order valence-electron chi connectivity index (χ0n) is 11.1. The molecule has 1 aliphatic rings. The van der Waals surface area contributed by atoms with Crippen LogP contribution in [-0.4, -0.2) is 30.2 Å². The van der Waals surface area contributed by atoms with Gasteiger partial charge in [-0.3, -0.25) is 0 Å². The molecule has 0 bridgehead atoms. The molecular weight excluding hydrogens is 262 g/mol. The van der Waals surface area contributed by atoms with E-state index in [2.05, 4.69) is 14.9 Å². The molecule has 2 heterocycles. The average Bonchev–Trinajstić information content (AvgIpc) is 2.92. The summed E-state index contributed by atoms with van der Waals surface area (Å²) < 4.78 is 5.34. The first-order chi connectivity index (χ1) is 9.19. The van der Waals surface area contributed by atoms with Gasteiger partial charge in [0.25, 0.3) is 0 Å². The minimum absolute atomic E-state index is 0.308. The molecule has 0 unspecified atom stereocenters. The van der Waals surface area contributed by atoms with Crippen molar-refractivity contribution in [3.05, 3.63) is 23.0 Å². The fraction of sp³-hybridized carbons (Fsp3) is 0.429. The van der Waals surface area contributed by atoms with Gasteiger partial charge in [-0.25, -0.2) is 4.98 Å². The number of halogens is 1. The van der Waals surface area contributed by atoms with Crippen molar-refractivity contribution < 1.29 is 4.74 Å². The van der Waals surface area contributed by atoms with E-state index in [1.807, 2.05) is 19.1 Å². The smallest absolute Gasteiger partial charge is 0.224 e. The molecule has 100 valence electrons. The molecule has 5 heteroatoms. The second-order valence-electron chi connectivity index (χ2n) is 4.85. The van der Waals surface area contributed by atoms with Crippen LogP contribution >= 0.6 is 11.6 Å². The fourth-order valence-corrected chi connectivity index (χ4v) is 2.78. The number of hydrogen-bond acceptors (Lipinski definition) is 4.